The van der Waals surface area contributed by atoms with Gasteiger partial charge in [0.15, 0.2) is 6.61 Å². The lowest BCUT2D eigenvalue weighted by molar-refractivity contribution is -0.384. The molecule has 4 atom stereocenters. The Balaban J connectivity index is 1.29. The summed E-state index contributed by atoms with van der Waals surface area (Å²) >= 11 is 0. The molecule has 1 saturated heterocycles. The van der Waals surface area contributed by atoms with Crippen LogP contribution >= 0.6 is 0 Å². The maximum Gasteiger partial charge on any atom is 0.326 e. The van der Waals surface area contributed by atoms with Crippen LogP contribution in [0.4, 0.5) is 11.4 Å². The van der Waals surface area contributed by atoms with Crippen molar-refractivity contribution in [3.05, 3.63) is 34.4 Å². The van der Waals surface area contributed by atoms with Gasteiger partial charge in [0.2, 0.25) is 11.8 Å². The number of ether oxygens (including phenoxy) is 1. The van der Waals surface area contributed by atoms with Gasteiger partial charge in [0.25, 0.3) is 11.6 Å². The molecular weight excluding hydrogens is 382 g/mol. The quantitative estimate of drug-likeness (QED) is 0.326. The van der Waals surface area contributed by atoms with Crippen LogP contribution < -0.4 is 5.32 Å². The summed E-state index contributed by atoms with van der Waals surface area (Å²) in [4.78, 5) is 60.2. The summed E-state index contributed by atoms with van der Waals surface area (Å²) in [5.41, 5.74) is -0.00110. The van der Waals surface area contributed by atoms with Crippen LogP contribution in [-0.4, -0.2) is 46.7 Å². The maximum absolute atomic E-state index is 12.6. The average molecular weight is 401 g/mol. The number of nitro benzene ring substituents is 1. The van der Waals surface area contributed by atoms with Crippen molar-refractivity contribution in [1.82, 2.24) is 4.90 Å². The summed E-state index contributed by atoms with van der Waals surface area (Å²) in [6, 6.07) is 5.32. The molecule has 3 amide bonds. The van der Waals surface area contributed by atoms with Gasteiger partial charge in [-0.25, -0.2) is 0 Å². The van der Waals surface area contributed by atoms with Crippen LogP contribution in [0.15, 0.2) is 24.3 Å². The van der Waals surface area contributed by atoms with E-state index in [1.807, 2.05) is 0 Å². The number of anilines is 1. The van der Waals surface area contributed by atoms with Crippen molar-refractivity contribution < 1.29 is 28.8 Å². The van der Waals surface area contributed by atoms with Gasteiger partial charge < -0.3 is 10.1 Å². The third-order valence-electron chi connectivity index (χ3n) is 6.01. The number of nitrogens with zero attached hydrogens (tertiary/aromatic N) is 2. The third-order valence-corrected chi connectivity index (χ3v) is 6.01. The molecule has 29 heavy (non-hydrogen) atoms. The summed E-state index contributed by atoms with van der Waals surface area (Å²) in [5.74, 6) is -2.35. The largest absolute Gasteiger partial charge is 0.454 e. The Labute approximate surface area is 165 Å². The number of non-ortho nitro benzene ring substituents is 1. The molecular formula is C19H19N3O7. The van der Waals surface area contributed by atoms with Gasteiger partial charge in [0.05, 0.1) is 16.8 Å². The highest BCUT2D eigenvalue weighted by molar-refractivity contribution is 6.07. The number of amides is 3. The van der Waals surface area contributed by atoms with Crippen molar-refractivity contribution in [2.45, 2.75) is 19.3 Å². The smallest absolute Gasteiger partial charge is 0.326 e. The minimum Gasteiger partial charge on any atom is -0.454 e. The highest BCUT2D eigenvalue weighted by Crippen LogP contribution is 2.56. The van der Waals surface area contributed by atoms with Crippen LogP contribution in [0.25, 0.3) is 0 Å². The van der Waals surface area contributed by atoms with E-state index in [4.69, 9.17) is 4.74 Å². The fourth-order valence-electron chi connectivity index (χ4n) is 4.84. The second kappa shape index (κ2) is 7.26. The second-order valence-corrected chi connectivity index (χ2v) is 7.66. The molecule has 1 N–H and O–H groups in total. The number of fused-ring (bicyclic) bond motifs is 5. The molecule has 3 aliphatic rings. The van der Waals surface area contributed by atoms with Gasteiger partial charge in [0.1, 0.15) is 6.54 Å². The second-order valence-electron chi connectivity index (χ2n) is 7.66. The van der Waals surface area contributed by atoms with Gasteiger partial charge in [-0.05, 0) is 37.2 Å². The van der Waals surface area contributed by atoms with E-state index in [-0.39, 0.29) is 46.9 Å². The standard InChI is InChI=1S/C19H19N3O7/c23-14(20-12-2-1-3-13(7-12)22(27)28)9-29-15(24)8-21-18(25)16-10-4-5-11(6-10)17(16)19(21)26/h1-3,7,10-11,16-17H,4-6,8-9H2,(H,20,23)/t10-,11-,16-,17+/m0/s1. The molecule has 2 aliphatic carbocycles. The zero-order valence-electron chi connectivity index (χ0n) is 15.4. The number of rotatable bonds is 6. The van der Waals surface area contributed by atoms with Crippen molar-refractivity contribution in [1.29, 1.82) is 0 Å². The highest BCUT2D eigenvalue weighted by atomic mass is 16.6. The first-order chi connectivity index (χ1) is 13.8. The Morgan fingerprint density at radius 3 is 2.45 bits per heavy atom. The number of likely N-dealkylation sites (tertiary alicyclic amines) is 1. The molecule has 152 valence electrons. The van der Waals surface area contributed by atoms with E-state index in [1.54, 1.807) is 0 Å². The zero-order chi connectivity index (χ0) is 20.7. The van der Waals surface area contributed by atoms with Crippen LogP contribution in [0.5, 0.6) is 0 Å². The monoisotopic (exact) mass is 401 g/mol. The number of hydrogen-bond acceptors (Lipinski definition) is 7. The molecule has 0 radical (unpaired) electrons. The molecule has 1 heterocycles. The first-order valence-electron chi connectivity index (χ1n) is 9.40. The number of carbonyl (C=O) groups excluding carboxylic acids is 4. The lowest BCUT2D eigenvalue weighted by atomic mass is 9.81. The predicted molar refractivity (Wildman–Crippen MR) is 97.2 cm³/mol. The lowest BCUT2D eigenvalue weighted by Gasteiger charge is -2.19. The SMILES string of the molecule is O=C(COC(=O)CN1C(=O)[C@@H]2[C@H]3CC[C@@H](C3)[C@@H]2C1=O)Nc1cccc([N+](=O)[O-])c1. The molecule has 4 rings (SSSR count). The van der Waals surface area contributed by atoms with Crippen LogP contribution in [0.2, 0.25) is 0 Å². The van der Waals surface area contributed by atoms with Gasteiger partial charge in [0, 0.05) is 17.8 Å². The number of esters is 1. The van der Waals surface area contributed by atoms with E-state index >= 15 is 0 Å². The third kappa shape index (κ3) is 3.45. The summed E-state index contributed by atoms with van der Waals surface area (Å²) in [6.07, 6.45) is 2.80. The molecule has 0 aromatic heterocycles. The van der Waals surface area contributed by atoms with Gasteiger partial charge in [-0.15, -0.1) is 0 Å². The summed E-state index contributed by atoms with van der Waals surface area (Å²) in [6.45, 7) is -1.13. The fourth-order valence-corrected chi connectivity index (χ4v) is 4.84. The van der Waals surface area contributed by atoms with Crippen LogP contribution in [0, 0.1) is 33.8 Å². The molecule has 1 aromatic rings. The van der Waals surface area contributed by atoms with E-state index in [0.717, 1.165) is 24.2 Å². The molecule has 1 aromatic carbocycles. The Hall–Kier alpha value is -3.30. The summed E-state index contributed by atoms with van der Waals surface area (Å²) < 4.78 is 4.87. The normalized spacial score (nSPS) is 27.1. The van der Waals surface area contributed by atoms with E-state index in [1.165, 1.54) is 24.3 Å². The molecule has 0 spiro atoms. The van der Waals surface area contributed by atoms with E-state index < -0.39 is 30.0 Å². The Kier molecular flexibility index (Phi) is 4.77. The molecule has 2 bridgehead atoms. The van der Waals surface area contributed by atoms with Crippen molar-refractivity contribution in [3.63, 3.8) is 0 Å². The van der Waals surface area contributed by atoms with Crippen LogP contribution in [0.1, 0.15) is 19.3 Å². The van der Waals surface area contributed by atoms with Crippen molar-refractivity contribution in [2.75, 3.05) is 18.5 Å². The van der Waals surface area contributed by atoms with E-state index in [9.17, 15) is 29.3 Å². The average Bonchev–Trinajstić information content (AvgIpc) is 3.37. The lowest BCUT2D eigenvalue weighted by Crippen LogP contribution is -2.38. The van der Waals surface area contributed by atoms with Gasteiger partial charge in [-0.1, -0.05) is 6.07 Å². The molecule has 10 heteroatoms. The van der Waals surface area contributed by atoms with Crippen molar-refractivity contribution >= 4 is 35.1 Å². The van der Waals surface area contributed by atoms with Crippen LogP contribution in [0.3, 0.4) is 0 Å². The van der Waals surface area contributed by atoms with E-state index in [2.05, 4.69) is 5.32 Å². The first kappa shape index (κ1) is 19.0. The molecule has 2 saturated carbocycles. The number of imide groups is 1. The Bertz CT molecular complexity index is 887. The molecule has 10 nitrogen and oxygen atoms in total. The minimum absolute atomic E-state index is 0.188. The molecule has 0 unspecified atom stereocenters. The zero-order valence-corrected chi connectivity index (χ0v) is 15.4. The van der Waals surface area contributed by atoms with Gasteiger partial charge in [-0.3, -0.25) is 34.2 Å². The summed E-state index contributed by atoms with van der Waals surface area (Å²) in [7, 11) is 0. The minimum atomic E-state index is -0.854. The van der Waals surface area contributed by atoms with Gasteiger partial charge in [-0.2, -0.15) is 0 Å². The fraction of sp³-hybridized carbons (Fsp3) is 0.474. The predicted octanol–water partition coefficient (Wildman–Crippen LogP) is 1.11. The number of nitro groups is 1. The van der Waals surface area contributed by atoms with Crippen LogP contribution in [-0.2, 0) is 23.9 Å². The Morgan fingerprint density at radius 1 is 1.17 bits per heavy atom. The maximum atomic E-state index is 12.6. The number of hydrogen-bond donors (Lipinski definition) is 1. The highest BCUT2D eigenvalue weighted by Gasteiger charge is 2.61. The van der Waals surface area contributed by atoms with Gasteiger partial charge >= 0.3 is 5.97 Å². The number of carbonyl (C=O) groups is 4. The molecule has 3 fully saturated rings. The van der Waals surface area contributed by atoms with E-state index in [0.29, 0.717) is 0 Å². The topological polar surface area (TPSA) is 136 Å². The van der Waals surface area contributed by atoms with Crippen molar-refractivity contribution in [3.8, 4) is 0 Å². The number of benzene rings is 1. The first-order valence-corrected chi connectivity index (χ1v) is 9.40. The molecule has 1 aliphatic heterocycles. The Morgan fingerprint density at radius 2 is 1.83 bits per heavy atom. The summed E-state index contributed by atoms with van der Waals surface area (Å²) in [5, 5.41) is 13.1. The van der Waals surface area contributed by atoms with Crippen molar-refractivity contribution in [2.24, 2.45) is 23.7 Å². The number of nitrogens with one attached hydrogen (secondary N) is 1.